The molecule has 1 N–H and O–H groups in total. The summed E-state index contributed by atoms with van der Waals surface area (Å²) in [5, 5.41) is 3.64. The van der Waals surface area contributed by atoms with Crippen molar-refractivity contribution in [2.45, 2.75) is 58.5 Å². The van der Waals surface area contributed by atoms with Gasteiger partial charge in [-0.25, -0.2) is 0 Å². The maximum absolute atomic E-state index is 5.41. The van der Waals surface area contributed by atoms with Gasteiger partial charge in [-0.2, -0.15) is 0 Å². The predicted octanol–water partition coefficient (Wildman–Crippen LogP) is 4.15. The lowest BCUT2D eigenvalue weighted by Crippen LogP contribution is -2.28. The fourth-order valence-electron chi connectivity index (χ4n) is 2.37. The molecule has 0 fully saturated rings. The quantitative estimate of drug-likeness (QED) is 0.653. The van der Waals surface area contributed by atoms with E-state index in [2.05, 4.69) is 19.2 Å². The number of unbranched alkanes of at least 4 members (excludes halogenated alkanes) is 2. The highest BCUT2D eigenvalue weighted by atomic mass is 16.5. The van der Waals surface area contributed by atoms with Gasteiger partial charge in [0, 0.05) is 18.2 Å². The summed E-state index contributed by atoms with van der Waals surface area (Å²) in [5.41, 5.74) is 1.15. The Bertz CT molecular complexity index is 379. The van der Waals surface area contributed by atoms with E-state index in [1.165, 1.54) is 25.7 Å². The van der Waals surface area contributed by atoms with Gasteiger partial charge >= 0.3 is 0 Å². The largest absolute Gasteiger partial charge is 0.497 e. The monoisotopic (exact) mass is 279 g/mol. The van der Waals surface area contributed by atoms with Crippen LogP contribution in [0.5, 0.6) is 11.5 Å². The Morgan fingerprint density at radius 1 is 1.10 bits per heavy atom. The molecule has 1 atom stereocenters. The van der Waals surface area contributed by atoms with Crippen LogP contribution in [0.25, 0.3) is 0 Å². The van der Waals surface area contributed by atoms with Crippen LogP contribution in [0.1, 0.15) is 51.5 Å². The zero-order valence-electron chi connectivity index (χ0n) is 13.4. The van der Waals surface area contributed by atoms with Crippen molar-refractivity contribution in [3.63, 3.8) is 0 Å². The fourth-order valence-corrected chi connectivity index (χ4v) is 2.37. The molecule has 0 saturated carbocycles. The third kappa shape index (κ3) is 5.41. The van der Waals surface area contributed by atoms with E-state index < -0.39 is 0 Å². The lowest BCUT2D eigenvalue weighted by atomic mass is 10.1. The highest BCUT2D eigenvalue weighted by molar-refractivity contribution is 5.40. The van der Waals surface area contributed by atoms with Crippen molar-refractivity contribution >= 4 is 0 Å². The summed E-state index contributed by atoms with van der Waals surface area (Å²) in [7, 11) is 3.41. The molecule has 1 rings (SSSR count). The van der Waals surface area contributed by atoms with Gasteiger partial charge in [0.1, 0.15) is 11.5 Å². The minimum absolute atomic E-state index is 0.581. The Kier molecular flexibility index (Phi) is 8.12. The molecule has 0 aliphatic carbocycles. The second-order valence-corrected chi connectivity index (χ2v) is 5.16. The topological polar surface area (TPSA) is 30.5 Å². The molecule has 1 unspecified atom stereocenters. The standard InChI is InChI=1S/C17H29NO2/c1-5-7-8-9-15(6-2)18-13-14-12-16(19-3)10-11-17(14)20-4/h10-12,15,18H,5-9,13H2,1-4H3. The van der Waals surface area contributed by atoms with Crippen LogP contribution in [-0.2, 0) is 6.54 Å². The van der Waals surface area contributed by atoms with Crippen molar-refractivity contribution in [1.29, 1.82) is 0 Å². The molecular formula is C17H29NO2. The number of ether oxygens (including phenoxy) is 2. The number of benzene rings is 1. The van der Waals surface area contributed by atoms with Gasteiger partial charge in [-0.3, -0.25) is 0 Å². The Morgan fingerprint density at radius 3 is 2.50 bits per heavy atom. The van der Waals surface area contributed by atoms with Crippen molar-refractivity contribution in [2.75, 3.05) is 14.2 Å². The zero-order chi connectivity index (χ0) is 14.8. The smallest absolute Gasteiger partial charge is 0.123 e. The van der Waals surface area contributed by atoms with E-state index in [1.807, 2.05) is 18.2 Å². The summed E-state index contributed by atoms with van der Waals surface area (Å²) in [6.07, 6.45) is 6.31. The number of methoxy groups -OCH3 is 2. The van der Waals surface area contributed by atoms with Gasteiger partial charge < -0.3 is 14.8 Å². The molecule has 0 saturated heterocycles. The van der Waals surface area contributed by atoms with E-state index >= 15 is 0 Å². The van der Waals surface area contributed by atoms with E-state index in [4.69, 9.17) is 9.47 Å². The second kappa shape index (κ2) is 9.65. The molecule has 20 heavy (non-hydrogen) atoms. The molecule has 0 heterocycles. The Labute approximate surface area is 123 Å². The third-order valence-corrected chi connectivity index (χ3v) is 3.72. The van der Waals surface area contributed by atoms with Gasteiger partial charge in [0.25, 0.3) is 0 Å². The zero-order valence-corrected chi connectivity index (χ0v) is 13.4. The Hall–Kier alpha value is -1.22. The maximum Gasteiger partial charge on any atom is 0.123 e. The van der Waals surface area contributed by atoms with E-state index in [-0.39, 0.29) is 0 Å². The van der Waals surface area contributed by atoms with Crippen molar-refractivity contribution in [1.82, 2.24) is 5.32 Å². The molecule has 1 aromatic rings. The Morgan fingerprint density at radius 2 is 1.90 bits per heavy atom. The highest BCUT2D eigenvalue weighted by Crippen LogP contribution is 2.24. The summed E-state index contributed by atoms with van der Waals surface area (Å²) < 4.78 is 10.7. The van der Waals surface area contributed by atoms with Crippen LogP contribution in [0, 0.1) is 0 Å². The van der Waals surface area contributed by atoms with Gasteiger partial charge in [-0.15, -0.1) is 0 Å². The predicted molar refractivity (Wildman–Crippen MR) is 84.6 cm³/mol. The maximum atomic E-state index is 5.41. The molecular weight excluding hydrogens is 250 g/mol. The van der Waals surface area contributed by atoms with E-state index in [0.717, 1.165) is 30.0 Å². The van der Waals surface area contributed by atoms with E-state index in [1.54, 1.807) is 14.2 Å². The SMILES string of the molecule is CCCCCC(CC)NCc1cc(OC)ccc1OC. The van der Waals surface area contributed by atoms with Gasteiger partial charge in [-0.05, 0) is 31.0 Å². The number of hydrogen-bond acceptors (Lipinski definition) is 3. The van der Waals surface area contributed by atoms with Crippen LogP contribution >= 0.6 is 0 Å². The summed E-state index contributed by atoms with van der Waals surface area (Å²) >= 11 is 0. The number of hydrogen-bond donors (Lipinski definition) is 1. The van der Waals surface area contributed by atoms with Crippen LogP contribution in [0.2, 0.25) is 0 Å². The molecule has 0 spiro atoms. The molecule has 0 bridgehead atoms. The lowest BCUT2D eigenvalue weighted by molar-refractivity contribution is 0.391. The van der Waals surface area contributed by atoms with Crippen LogP contribution in [0.3, 0.4) is 0 Å². The van der Waals surface area contributed by atoms with Crippen LogP contribution in [0.15, 0.2) is 18.2 Å². The average Bonchev–Trinajstić information content (AvgIpc) is 2.50. The molecule has 3 nitrogen and oxygen atoms in total. The first kappa shape index (κ1) is 16.8. The molecule has 1 aromatic carbocycles. The van der Waals surface area contributed by atoms with Crippen molar-refractivity contribution < 1.29 is 9.47 Å². The molecule has 0 aliphatic rings. The number of rotatable bonds is 10. The van der Waals surface area contributed by atoms with Crippen LogP contribution in [-0.4, -0.2) is 20.3 Å². The average molecular weight is 279 g/mol. The van der Waals surface area contributed by atoms with Crippen molar-refractivity contribution in [2.24, 2.45) is 0 Å². The summed E-state index contributed by atoms with van der Waals surface area (Å²) in [6, 6.07) is 6.52. The molecule has 0 aromatic heterocycles. The number of nitrogens with one attached hydrogen (secondary N) is 1. The second-order valence-electron chi connectivity index (χ2n) is 5.16. The summed E-state index contributed by atoms with van der Waals surface area (Å²) in [4.78, 5) is 0. The van der Waals surface area contributed by atoms with Gasteiger partial charge in [0.2, 0.25) is 0 Å². The first-order valence-electron chi connectivity index (χ1n) is 7.69. The van der Waals surface area contributed by atoms with Crippen molar-refractivity contribution in [3.05, 3.63) is 23.8 Å². The third-order valence-electron chi connectivity index (χ3n) is 3.72. The minimum atomic E-state index is 0.581. The first-order chi connectivity index (χ1) is 9.74. The minimum Gasteiger partial charge on any atom is -0.497 e. The Balaban J connectivity index is 2.57. The summed E-state index contributed by atoms with van der Waals surface area (Å²) in [6.45, 7) is 5.31. The van der Waals surface area contributed by atoms with Crippen LogP contribution < -0.4 is 14.8 Å². The molecule has 114 valence electrons. The van der Waals surface area contributed by atoms with Gasteiger partial charge in [0.05, 0.1) is 14.2 Å². The van der Waals surface area contributed by atoms with Gasteiger partial charge in [0.15, 0.2) is 0 Å². The highest BCUT2D eigenvalue weighted by Gasteiger charge is 2.09. The first-order valence-corrected chi connectivity index (χ1v) is 7.69. The van der Waals surface area contributed by atoms with Crippen molar-refractivity contribution in [3.8, 4) is 11.5 Å². The fraction of sp³-hybridized carbons (Fsp3) is 0.647. The molecule has 0 amide bonds. The van der Waals surface area contributed by atoms with E-state index in [9.17, 15) is 0 Å². The molecule has 0 aliphatic heterocycles. The lowest BCUT2D eigenvalue weighted by Gasteiger charge is -2.18. The summed E-state index contributed by atoms with van der Waals surface area (Å²) in [5.74, 6) is 1.79. The molecule has 3 heteroatoms. The normalized spacial score (nSPS) is 12.2. The van der Waals surface area contributed by atoms with Gasteiger partial charge in [-0.1, -0.05) is 33.1 Å². The van der Waals surface area contributed by atoms with E-state index in [0.29, 0.717) is 6.04 Å². The van der Waals surface area contributed by atoms with Crippen LogP contribution in [0.4, 0.5) is 0 Å². The molecule has 0 radical (unpaired) electrons.